The lowest BCUT2D eigenvalue weighted by Crippen LogP contribution is -2.29. The molecule has 2 aromatic heterocycles. The molecule has 0 aliphatic heterocycles. The Morgan fingerprint density at radius 2 is 1.81 bits per heavy atom. The van der Waals surface area contributed by atoms with Crippen LogP contribution in [0.15, 0.2) is 41.3 Å². The number of methoxy groups -OCH3 is 1. The summed E-state index contributed by atoms with van der Waals surface area (Å²) in [5, 5.41) is 11.2. The Morgan fingerprint density at radius 1 is 1.12 bits per heavy atom. The van der Waals surface area contributed by atoms with Gasteiger partial charge in [-0.2, -0.15) is 0 Å². The van der Waals surface area contributed by atoms with Gasteiger partial charge in [-0.15, -0.1) is 0 Å². The topological polar surface area (TPSA) is 113 Å². The monoisotopic (exact) mass is 441 g/mol. The third-order valence-electron chi connectivity index (χ3n) is 5.15. The van der Waals surface area contributed by atoms with Crippen molar-refractivity contribution in [3.05, 3.63) is 90.9 Å². The van der Waals surface area contributed by atoms with Crippen molar-refractivity contribution in [2.45, 2.75) is 27.3 Å². The molecule has 0 radical (unpaired) electrons. The molecule has 2 heterocycles. The maximum atomic E-state index is 14.0. The smallest absolute Gasteiger partial charge is 0.343 e. The molecule has 0 N–H and O–H groups in total. The van der Waals surface area contributed by atoms with Gasteiger partial charge in [-0.1, -0.05) is 6.07 Å². The van der Waals surface area contributed by atoms with Crippen molar-refractivity contribution in [1.82, 2.24) is 9.13 Å². The molecule has 0 unspecified atom stereocenters. The van der Waals surface area contributed by atoms with Crippen LogP contribution in [0.3, 0.4) is 0 Å². The Balaban J connectivity index is 2.04. The highest BCUT2D eigenvalue weighted by molar-refractivity contribution is 5.97. The number of aryl methyl sites for hydroxylation is 2. The molecule has 0 saturated heterocycles. The first kappa shape index (κ1) is 22.6. The van der Waals surface area contributed by atoms with E-state index in [0.717, 1.165) is 23.9 Å². The van der Waals surface area contributed by atoms with E-state index >= 15 is 0 Å². The number of Topliss-reactive ketones (excluding diaryl/α,β-unsaturated/α-hetero) is 1. The first-order valence-electron chi connectivity index (χ1n) is 9.51. The number of benzene rings is 1. The normalized spacial score (nSPS) is 10.8. The van der Waals surface area contributed by atoms with Crippen LogP contribution in [0.5, 0.6) is 0 Å². The van der Waals surface area contributed by atoms with Gasteiger partial charge in [0, 0.05) is 28.7 Å². The molecule has 9 nitrogen and oxygen atoms in total. The number of rotatable bonds is 6. The summed E-state index contributed by atoms with van der Waals surface area (Å²) in [5.41, 5.74) is 0.500. The van der Waals surface area contributed by atoms with Crippen LogP contribution in [0.2, 0.25) is 0 Å². The van der Waals surface area contributed by atoms with Gasteiger partial charge in [0.25, 0.3) is 11.2 Å². The molecule has 0 saturated carbocycles. The van der Waals surface area contributed by atoms with Crippen molar-refractivity contribution in [1.29, 1.82) is 0 Å². The molecule has 166 valence electrons. The Kier molecular flexibility index (Phi) is 6.06. The molecular weight excluding hydrogens is 421 g/mol. The number of aromatic nitrogens is 2. The molecule has 10 heteroatoms. The number of esters is 1. The SMILES string of the molecule is COC(=O)c1cc([N+](=O)[O-])cn(CC(=O)c2cc(C)n(-c3ccc(C)c(F)c3)c2C)c1=O. The van der Waals surface area contributed by atoms with Gasteiger partial charge in [0.1, 0.15) is 11.4 Å². The molecule has 0 spiro atoms. The lowest BCUT2D eigenvalue weighted by atomic mass is 10.1. The average Bonchev–Trinajstić information content (AvgIpc) is 3.04. The second-order valence-electron chi connectivity index (χ2n) is 7.27. The highest BCUT2D eigenvalue weighted by atomic mass is 19.1. The summed E-state index contributed by atoms with van der Waals surface area (Å²) < 4.78 is 21.1. The van der Waals surface area contributed by atoms with Gasteiger partial charge in [-0.05, 0) is 44.5 Å². The number of carbonyl (C=O) groups excluding carboxylic acids is 2. The fourth-order valence-corrected chi connectivity index (χ4v) is 3.50. The minimum atomic E-state index is -1.04. The van der Waals surface area contributed by atoms with E-state index < -0.39 is 40.0 Å². The van der Waals surface area contributed by atoms with E-state index in [1.165, 1.54) is 6.07 Å². The van der Waals surface area contributed by atoms with E-state index in [1.807, 2.05) is 0 Å². The van der Waals surface area contributed by atoms with E-state index in [-0.39, 0.29) is 11.4 Å². The molecule has 3 aromatic rings. The van der Waals surface area contributed by atoms with E-state index in [9.17, 15) is 28.9 Å². The number of ether oxygens (including phenoxy) is 1. The van der Waals surface area contributed by atoms with Crippen LogP contribution in [-0.4, -0.2) is 32.9 Å². The first-order valence-corrected chi connectivity index (χ1v) is 9.51. The summed E-state index contributed by atoms with van der Waals surface area (Å²) in [7, 11) is 1.04. The Hall–Kier alpha value is -4.08. The van der Waals surface area contributed by atoms with Crippen LogP contribution >= 0.6 is 0 Å². The van der Waals surface area contributed by atoms with Crippen LogP contribution < -0.4 is 5.56 Å². The van der Waals surface area contributed by atoms with Crippen LogP contribution in [0.1, 0.15) is 37.7 Å². The Labute approximate surface area is 181 Å². The molecule has 0 aliphatic rings. The number of ketones is 1. The molecule has 1 aromatic carbocycles. The number of nitrogens with zero attached hydrogens (tertiary/aromatic N) is 3. The predicted octanol–water partition coefficient (Wildman–Crippen LogP) is 3.28. The van der Waals surface area contributed by atoms with Gasteiger partial charge in [-0.3, -0.25) is 19.7 Å². The Bertz CT molecular complexity index is 1320. The largest absolute Gasteiger partial charge is 0.465 e. The molecule has 0 atom stereocenters. The molecule has 0 fully saturated rings. The minimum Gasteiger partial charge on any atom is -0.465 e. The highest BCUT2D eigenvalue weighted by Crippen LogP contribution is 2.23. The lowest BCUT2D eigenvalue weighted by Gasteiger charge is -2.11. The van der Waals surface area contributed by atoms with E-state index in [0.29, 0.717) is 22.6 Å². The van der Waals surface area contributed by atoms with Crippen LogP contribution in [0, 0.1) is 36.7 Å². The fraction of sp³-hybridized carbons (Fsp3) is 0.227. The third-order valence-corrected chi connectivity index (χ3v) is 5.15. The van der Waals surface area contributed by atoms with E-state index in [1.54, 1.807) is 43.5 Å². The molecule has 3 rings (SSSR count). The highest BCUT2D eigenvalue weighted by Gasteiger charge is 2.23. The predicted molar refractivity (Wildman–Crippen MR) is 113 cm³/mol. The molecular formula is C22H20FN3O6. The third kappa shape index (κ3) is 4.07. The van der Waals surface area contributed by atoms with Crippen molar-refractivity contribution in [3.63, 3.8) is 0 Å². The van der Waals surface area contributed by atoms with E-state index in [4.69, 9.17) is 0 Å². The van der Waals surface area contributed by atoms with Gasteiger partial charge in [0.15, 0.2) is 5.78 Å². The van der Waals surface area contributed by atoms with Gasteiger partial charge >= 0.3 is 5.97 Å². The van der Waals surface area contributed by atoms with Crippen LogP contribution in [-0.2, 0) is 11.3 Å². The number of hydrogen-bond acceptors (Lipinski definition) is 6. The van der Waals surface area contributed by atoms with Crippen molar-refractivity contribution in [2.24, 2.45) is 0 Å². The first-order chi connectivity index (χ1) is 15.0. The molecule has 0 aliphatic carbocycles. The summed E-state index contributed by atoms with van der Waals surface area (Å²) in [5.74, 6) is -1.93. The standard InChI is InChI=1S/C22H20FN3O6/c1-12-5-6-15(9-19(12)23)25-13(2)7-17(14(25)3)20(27)11-24-10-16(26(30)31)8-18(21(24)28)22(29)32-4/h5-10H,11H2,1-4H3. The van der Waals surface area contributed by atoms with Crippen molar-refractivity contribution in [2.75, 3.05) is 7.11 Å². The zero-order valence-corrected chi connectivity index (χ0v) is 17.8. The van der Waals surface area contributed by atoms with Gasteiger partial charge < -0.3 is 13.9 Å². The number of hydrogen-bond donors (Lipinski definition) is 0. The quantitative estimate of drug-likeness (QED) is 0.251. The molecule has 0 bridgehead atoms. The zero-order valence-electron chi connectivity index (χ0n) is 17.8. The number of halogens is 1. The van der Waals surface area contributed by atoms with Crippen molar-refractivity contribution >= 4 is 17.4 Å². The van der Waals surface area contributed by atoms with Crippen LogP contribution in [0.25, 0.3) is 5.69 Å². The summed E-state index contributed by atoms with van der Waals surface area (Å²) in [6.07, 6.45) is 0.904. The molecule has 32 heavy (non-hydrogen) atoms. The number of pyridine rings is 1. The minimum absolute atomic E-state index is 0.265. The van der Waals surface area contributed by atoms with Gasteiger partial charge in [0.2, 0.25) is 0 Å². The fourth-order valence-electron chi connectivity index (χ4n) is 3.50. The van der Waals surface area contributed by atoms with E-state index in [2.05, 4.69) is 4.74 Å². The summed E-state index contributed by atoms with van der Waals surface area (Å²) in [6.45, 7) is 4.53. The Morgan fingerprint density at radius 3 is 2.41 bits per heavy atom. The van der Waals surface area contributed by atoms with Crippen molar-refractivity contribution in [3.8, 4) is 5.69 Å². The summed E-state index contributed by atoms with van der Waals surface area (Å²) in [4.78, 5) is 47.9. The lowest BCUT2D eigenvalue weighted by molar-refractivity contribution is -0.385. The van der Waals surface area contributed by atoms with Crippen LogP contribution in [0.4, 0.5) is 10.1 Å². The average molecular weight is 441 g/mol. The summed E-state index contributed by atoms with van der Waals surface area (Å²) in [6, 6.07) is 7.12. The van der Waals surface area contributed by atoms with Gasteiger partial charge in [-0.25, -0.2) is 9.18 Å². The molecule has 0 amide bonds. The number of nitro groups is 1. The van der Waals surface area contributed by atoms with Crippen molar-refractivity contribution < 1.29 is 23.6 Å². The second kappa shape index (κ2) is 8.58. The zero-order chi connectivity index (χ0) is 23.7. The maximum absolute atomic E-state index is 14.0. The summed E-state index contributed by atoms with van der Waals surface area (Å²) >= 11 is 0. The maximum Gasteiger partial charge on any atom is 0.343 e. The van der Waals surface area contributed by atoms with Gasteiger partial charge in [0.05, 0.1) is 24.8 Å². The number of carbonyl (C=O) groups is 2. The second-order valence-corrected chi connectivity index (χ2v) is 7.27.